The SMILES string of the molecule is Cc1ccc(S(=O)(=O)Nc2cccc(C3(C)OCCO3)c2)cc1. The Morgan fingerprint density at radius 3 is 2.35 bits per heavy atom. The van der Waals surface area contributed by atoms with Crippen LogP contribution in [0.4, 0.5) is 5.69 Å². The normalized spacial score (nSPS) is 17.1. The van der Waals surface area contributed by atoms with Gasteiger partial charge in [-0.2, -0.15) is 0 Å². The lowest BCUT2D eigenvalue weighted by Gasteiger charge is -2.23. The van der Waals surface area contributed by atoms with E-state index in [2.05, 4.69) is 4.72 Å². The summed E-state index contributed by atoms with van der Waals surface area (Å²) in [6.07, 6.45) is 0. The van der Waals surface area contributed by atoms with Crippen LogP contribution in [0.3, 0.4) is 0 Å². The van der Waals surface area contributed by atoms with Crippen LogP contribution in [-0.4, -0.2) is 21.6 Å². The minimum Gasteiger partial charge on any atom is -0.344 e. The van der Waals surface area contributed by atoms with E-state index < -0.39 is 15.8 Å². The summed E-state index contributed by atoms with van der Waals surface area (Å²) in [5, 5.41) is 0. The fourth-order valence-electron chi connectivity index (χ4n) is 2.48. The molecule has 2 aromatic rings. The molecule has 0 aromatic heterocycles. The Bertz CT molecular complexity index is 794. The molecule has 0 aliphatic carbocycles. The van der Waals surface area contributed by atoms with Crippen molar-refractivity contribution in [2.45, 2.75) is 24.5 Å². The number of rotatable bonds is 4. The minimum absolute atomic E-state index is 0.230. The number of hydrogen-bond acceptors (Lipinski definition) is 4. The van der Waals surface area contributed by atoms with Crippen molar-refractivity contribution in [1.29, 1.82) is 0 Å². The lowest BCUT2D eigenvalue weighted by Crippen LogP contribution is -2.22. The van der Waals surface area contributed by atoms with Crippen molar-refractivity contribution in [2.75, 3.05) is 17.9 Å². The van der Waals surface area contributed by atoms with Crippen molar-refractivity contribution in [2.24, 2.45) is 0 Å². The van der Waals surface area contributed by atoms with Crippen LogP contribution in [0.15, 0.2) is 53.4 Å². The standard InChI is InChI=1S/C17H19NO4S/c1-13-6-8-16(9-7-13)23(19,20)18-15-5-3-4-14(12-15)17(2)21-10-11-22-17/h3-9,12,18H,10-11H2,1-2H3. The summed E-state index contributed by atoms with van der Waals surface area (Å²) < 4.78 is 38.7. The number of benzene rings is 2. The highest BCUT2D eigenvalue weighted by atomic mass is 32.2. The van der Waals surface area contributed by atoms with Gasteiger partial charge in [0.15, 0.2) is 5.79 Å². The number of ether oxygens (including phenoxy) is 2. The lowest BCUT2D eigenvalue weighted by molar-refractivity contribution is -0.149. The third-order valence-electron chi connectivity index (χ3n) is 3.81. The summed E-state index contributed by atoms with van der Waals surface area (Å²) in [6.45, 7) is 4.79. The van der Waals surface area contributed by atoms with Crippen LogP contribution in [0, 0.1) is 6.92 Å². The molecular formula is C17H19NO4S. The molecule has 23 heavy (non-hydrogen) atoms. The number of nitrogens with one attached hydrogen (secondary N) is 1. The molecule has 3 rings (SSSR count). The lowest BCUT2D eigenvalue weighted by atomic mass is 10.1. The van der Waals surface area contributed by atoms with Gasteiger partial charge in [-0.25, -0.2) is 8.42 Å². The van der Waals surface area contributed by atoms with E-state index in [4.69, 9.17) is 9.47 Å². The van der Waals surface area contributed by atoms with Gasteiger partial charge in [-0.15, -0.1) is 0 Å². The third-order valence-corrected chi connectivity index (χ3v) is 5.21. The number of anilines is 1. The van der Waals surface area contributed by atoms with Gasteiger partial charge in [0.25, 0.3) is 10.0 Å². The molecule has 0 radical (unpaired) electrons. The minimum atomic E-state index is -3.62. The molecular weight excluding hydrogens is 314 g/mol. The van der Waals surface area contributed by atoms with Crippen LogP contribution in [0.1, 0.15) is 18.1 Å². The maximum absolute atomic E-state index is 12.5. The molecule has 0 amide bonds. The molecule has 5 nitrogen and oxygen atoms in total. The first-order valence-corrected chi connectivity index (χ1v) is 8.85. The Balaban J connectivity index is 1.86. The van der Waals surface area contributed by atoms with Crippen LogP contribution in [-0.2, 0) is 25.3 Å². The molecule has 0 bridgehead atoms. The van der Waals surface area contributed by atoms with Crippen LogP contribution in [0.25, 0.3) is 0 Å². The van der Waals surface area contributed by atoms with Crippen molar-refractivity contribution >= 4 is 15.7 Å². The average Bonchev–Trinajstić information content (AvgIpc) is 2.96. The molecule has 0 spiro atoms. The van der Waals surface area contributed by atoms with E-state index in [1.54, 1.807) is 42.5 Å². The molecule has 1 heterocycles. The van der Waals surface area contributed by atoms with E-state index in [9.17, 15) is 8.42 Å². The predicted octanol–water partition coefficient (Wildman–Crippen LogP) is 3.02. The van der Waals surface area contributed by atoms with E-state index in [1.807, 2.05) is 19.9 Å². The van der Waals surface area contributed by atoms with E-state index in [-0.39, 0.29) is 4.90 Å². The van der Waals surface area contributed by atoms with Gasteiger partial charge in [-0.05, 0) is 38.1 Å². The summed E-state index contributed by atoms with van der Waals surface area (Å²) >= 11 is 0. The number of sulfonamides is 1. The maximum atomic E-state index is 12.5. The molecule has 2 aromatic carbocycles. The second kappa shape index (κ2) is 5.96. The topological polar surface area (TPSA) is 64.6 Å². The van der Waals surface area contributed by atoms with Crippen molar-refractivity contribution in [3.63, 3.8) is 0 Å². The summed E-state index contributed by atoms with van der Waals surface area (Å²) in [5.74, 6) is -0.828. The summed E-state index contributed by atoms with van der Waals surface area (Å²) in [6, 6.07) is 13.8. The third kappa shape index (κ3) is 3.39. The van der Waals surface area contributed by atoms with Gasteiger partial charge in [0, 0.05) is 11.3 Å². The van der Waals surface area contributed by atoms with Crippen LogP contribution in [0.2, 0.25) is 0 Å². The fourth-order valence-corrected chi connectivity index (χ4v) is 3.53. The van der Waals surface area contributed by atoms with E-state index in [1.165, 1.54) is 0 Å². The molecule has 0 atom stereocenters. The maximum Gasteiger partial charge on any atom is 0.261 e. The smallest absolute Gasteiger partial charge is 0.261 e. The van der Waals surface area contributed by atoms with Crippen LogP contribution < -0.4 is 4.72 Å². The average molecular weight is 333 g/mol. The molecule has 1 N–H and O–H groups in total. The monoisotopic (exact) mass is 333 g/mol. The van der Waals surface area contributed by atoms with Crippen LogP contribution in [0.5, 0.6) is 0 Å². The molecule has 1 aliphatic rings. The highest BCUT2D eigenvalue weighted by Gasteiger charge is 2.33. The zero-order valence-corrected chi connectivity index (χ0v) is 13.9. The van der Waals surface area contributed by atoms with Gasteiger partial charge < -0.3 is 9.47 Å². The summed E-state index contributed by atoms with van der Waals surface area (Å²) in [7, 11) is -3.62. The second-order valence-electron chi connectivity index (χ2n) is 5.64. The fraction of sp³-hybridized carbons (Fsp3) is 0.294. The number of aryl methyl sites for hydroxylation is 1. The van der Waals surface area contributed by atoms with Gasteiger partial charge in [0.05, 0.1) is 18.1 Å². The zero-order valence-electron chi connectivity index (χ0n) is 13.1. The van der Waals surface area contributed by atoms with Gasteiger partial charge in [0.2, 0.25) is 0 Å². The Morgan fingerprint density at radius 2 is 1.70 bits per heavy atom. The zero-order chi connectivity index (χ0) is 16.5. The van der Waals surface area contributed by atoms with Gasteiger partial charge in [-0.3, -0.25) is 4.72 Å². The van der Waals surface area contributed by atoms with Crippen molar-refractivity contribution < 1.29 is 17.9 Å². The molecule has 6 heteroatoms. The van der Waals surface area contributed by atoms with E-state index in [0.29, 0.717) is 18.9 Å². The molecule has 1 saturated heterocycles. The molecule has 0 saturated carbocycles. The first-order chi connectivity index (χ1) is 10.9. The number of hydrogen-bond donors (Lipinski definition) is 1. The van der Waals surface area contributed by atoms with E-state index in [0.717, 1.165) is 11.1 Å². The molecule has 1 aliphatic heterocycles. The molecule has 122 valence electrons. The highest BCUT2D eigenvalue weighted by Crippen LogP contribution is 2.32. The van der Waals surface area contributed by atoms with Gasteiger partial charge in [-0.1, -0.05) is 29.8 Å². The summed E-state index contributed by atoms with van der Waals surface area (Å²) in [4.78, 5) is 0.230. The Morgan fingerprint density at radius 1 is 1.04 bits per heavy atom. The van der Waals surface area contributed by atoms with Crippen molar-refractivity contribution in [3.05, 3.63) is 59.7 Å². The summed E-state index contributed by atoms with van der Waals surface area (Å²) in [5.41, 5.74) is 2.26. The van der Waals surface area contributed by atoms with Gasteiger partial charge >= 0.3 is 0 Å². The van der Waals surface area contributed by atoms with Crippen molar-refractivity contribution in [1.82, 2.24) is 0 Å². The quantitative estimate of drug-likeness (QED) is 0.934. The molecule has 1 fully saturated rings. The van der Waals surface area contributed by atoms with E-state index >= 15 is 0 Å². The largest absolute Gasteiger partial charge is 0.344 e. The Labute approximate surface area is 136 Å². The molecule has 0 unspecified atom stereocenters. The first-order valence-electron chi connectivity index (χ1n) is 7.37. The second-order valence-corrected chi connectivity index (χ2v) is 7.32. The first kappa shape index (κ1) is 16.0. The highest BCUT2D eigenvalue weighted by molar-refractivity contribution is 7.92. The Kier molecular flexibility index (Phi) is 4.14. The predicted molar refractivity (Wildman–Crippen MR) is 87.7 cm³/mol. The van der Waals surface area contributed by atoms with Gasteiger partial charge in [0.1, 0.15) is 0 Å². The van der Waals surface area contributed by atoms with Crippen molar-refractivity contribution in [3.8, 4) is 0 Å². The van der Waals surface area contributed by atoms with Crippen LogP contribution >= 0.6 is 0 Å². The Hall–Kier alpha value is -1.89.